The molecule has 2 heteroatoms. The van der Waals surface area contributed by atoms with Crippen molar-refractivity contribution in [1.82, 2.24) is 10.2 Å². The molecule has 0 aromatic heterocycles. The number of piperidine rings is 1. The normalized spacial score (nSPS) is 28.3. The maximum Gasteiger partial charge on any atom is 0.0123 e. The average molecular weight is 266 g/mol. The Labute approximate surface area is 120 Å². The second-order valence-corrected chi connectivity index (χ2v) is 6.60. The number of hydrogen-bond acceptors (Lipinski definition) is 2. The van der Waals surface area contributed by atoms with Crippen molar-refractivity contribution >= 4 is 0 Å². The zero-order chi connectivity index (χ0) is 13.3. The number of unbranched alkanes of at least 4 members (excludes halogenated alkanes) is 2. The summed E-state index contributed by atoms with van der Waals surface area (Å²) in [5, 5.41) is 3.51. The standard InChI is InChI=1S/C17H34N2/c1-2-12-18-13-6-3-7-14-19-15-8-10-16-9-4-5-11-17(16)19/h16-18H,2-15H2,1H3/t16-,17-/m1/s1. The van der Waals surface area contributed by atoms with Crippen LogP contribution in [-0.2, 0) is 0 Å². The highest BCUT2D eigenvalue weighted by Gasteiger charge is 2.32. The summed E-state index contributed by atoms with van der Waals surface area (Å²) in [5.74, 6) is 1.05. The molecule has 2 nitrogen and oxygen atoms in total. The average Bonchev–Trinajstić information content (AvgIpc) is 2.46. The molecule has 1 aliphatic heterocycles. The highest BCUT2D eigenvalue weighted by molar-refractivity contribution is 4.87. The summed E-state index contributed by atoms with van der Waals surface area (Å²) >= 11 is 0. The van der Waals surface area contributed by atoms with Crippen LogP contribution >= 0.6 is 0 Å². The predicted molar refractivity (Wildman–Crippen MR) is 83.6 cm³/mol. The first-order valence-corrected chi connectivity index (χ1v) is 8.86. The Morgan fingerprint density at radius 1 is 0.947 bits per heavy atom. The van der Waals surface area contributed by atoms with E-state index in [9.17, 15) is 0 Å². The van der Waals surface area contributed by atoms with Gasteiger partial charge < -0.3 is 10.2 Å². The molecule has 1 saturated heterocycles. The smallest absolute Gasteiger partial charge is 0.0123 e. The van der Waals surface area contributed by atoms with Gasteiger partial charge in [-0.15, -0.1) is 0 Å². The summed E-state index contributed by atoms with van der Waals surface area (Å²) < 4.78 is 0. The van der Waals surface area contributed by atoms with Crippen molar-refractivity contribution in [2.24, 2.45) is 5.92 Å². The van der Waals surface area contributed by atoms with Crippen LogP contribution < -0.4 is 5.32 Å². The van der Waals surface area contributed by atoms with Gasteiger partial charge in [0.1, 0.15) is 0 Å². The van der Waals surface area contributed by atoms with E-state index in [4.69, 9.17) is 0 Å². The molecule has 0 amide bonds. The van der Waals surface area contributed by atoms with Gasteiger partial charge in [-0.2, -0.15) is 0 Å². The molecule has 1 saturated carbocycles. The summed E-state index contributed by atoms with van der Waals surface area (Å²) in [6, 6.07) is 0.959. The Bertz CT molecular complexity index is 227. The zero-order valence-corrected chi connectivity index (χ0v) is 13.0. The fourth-order valence-corrected chi connectivity index (χ4v) is 4.05. The molecule has 0 aromatic carbocycles. The molecule has 2 aliphatic rings. The van der Waals surface area contributed by atoms with Gasteiger partial charge in [0, 0.05) is 6.04 Å². The Morgan fingerprint density at radius 2 is 1.79 bits per heavy atom. The van der Waals surface area contributed by atoms with Crippen LogP contribution in [0.2, 0.25) is 0 Å². The third-order valence-corrected chi connectivity index (χ3v) is 5.08. The zero-order valence-electron chi connectivity index (χ0n) is 13.0. The van der Waals surface area contributed by atoms with E-state index in [-0.39, 0.29) is 0 Å². The first-order chi connectivity index (χ1) is 9.42. The van der Waals surface area contributed by atoms with Crippen LogP contribution in [0.15, 0.2) is 0 Å². The van der Waals surface area contributed by atoms with Crippen LogP contribution in [-0.4, -0.2) is 37.1 Å². The van der Waals surface area contributed by atoms with Crippen LogP contribution in [0.5, 0.6) is 0 Å². The van der Waals surface area contributed by atoms with Crippen molar-refractivity contribution in [2.75, 3.05) is 26.2 Å². The number of hydrogen-bond donors (Lipinski definition) is 1. The van der Waals surface area contributed by atoms with Crippen LogP contribution in [0.4, 0.5) is 0 Å². The molecule has 0 aromatic rings. The van der Waals surface area contributed by atoms with E-state index < -0.39 is 0 Å². The fraction of sp³-hybridized carbons (Fsp3) is 1.00. The summed E-state index contributed by atoms with van der Waals surface area (Å²) in [6.07, 6.45) is 14.4. The maximum atomic E-state index is 3.51. The van der Waals surface area contributed by atoms with E-state index in [0.717, 1.165) is 12.0 Å². The van der Waals surface area contributed by atoms with E-state index in [0.29, 0.717) is 0 Å². The van der Waals surface area contributed by atoms with Gasteiger partial charge in [0.2, 0.25) is 0 Å². The lowest BCUT2D eigenvalue weighted by molar-refractivity contribution is 0.0596. The number of nitrogens with one attached hydrogen (secondary N) is 1. The van der Waals surface area contributed by atoms with E-state index in [2.05, 4.69) is 17.1 Å². The Morgan fingerprint density at radius 3 is 2.68 bits per heavy atom. The number of likely N-dealkylation sites (tertiary alicyclic amines) is 1. The van der Waals surface area contributed by atoms with Crippen molar-refractivity contribution in [3.05, 3.63) is 0 Å². The molecule has 112 valence electrons. The summed E-state index contributed by atoms with van der Waals surface area (Å²) in [6.45, 7) is 7.41. The van der Waals surface area contributed by atoms with Crippen molar-refractivity contribution in [3.8, 4) is 0 Å². The highest BCUT2D eigenvalue weighted by atomic mass is 15.2. The van der Waals surface area contributed by atoms with Gasteiger partial charge in [0.05, 0.1) is 0 Å². The van der Waals surface area contributed by atoms with Gasteiger partial charge in [0.15, 0.2) is 0 Å². The summed E-state index contributed by atoms with van der Waals surface area (Å²) in [7, 11) is 0. The minimum Gasteiger partial charge on any atom is -0.317 e. The van der Waals surface area contributed by atoms with Gasteiger partial charge in [0.25, 0.3) is 0 Å². The van der Waals surface area contributed by atoms with Crippen molar-refractivity contribution in [3.63, 3.8) is 0 Å². The third-order valence-electron chi connectivity index (χ3n) is 5.08. The largest absolute Gasteiger partial charge is 0.317 e. The van der Waals surface area contributed by atoms with Crippen LogP contribution in [0.3, 0.4) is 0 Å². The topological polar surface area (TPSA) is 15.3 Å². The lowest BCUT2D eigenvalue weighted by Crippen LogP contribution is -2.47. The molecular weight excluding hydrogens is 232 g/mol. The quantitative estimate of drug-likeness (QED) is 0.672. The molecule has 2 rings (SSSR count). The summed E-state index contributed by atoms with van der Waals surface area (Å²) in [4.78, 5) is 2.84. The molecule has 19 heavy (non-hydrogen) atoms. The minimum atomic E-state index is 0.959. The Kier molecular flexibility index (Phi) is 7.23. The lowest BCUT2D eigenvalue weighted by Gasteiger charge is -2.44. The van der Waals surface area contributed by atoms with Crippen LogP contribution in [0, 0.1) is 5.92 Å². The molecule has 0 unspecified atom stereocenters. The van der Waals surface area contributed by atoms with Gasteiger partial charge in [-0.3, -0.25) is 0 Å². The third kappa shape index (κ3) is 5.07. The van der Waals surface area contributed by atoms with E-state index in [1.807, 2.05) is 0 Å². The first kappa shape index (κ1) is 15.3. The molecule has 1 aliphatic carbocycles. The highest BCUT2D eigenvalue weighted by Crippen LogP contribution is 2.35. The van der Waals surface area contributed by atoms with E-state index in [1.54, 1.807) is 0 Å². The monoisotopic (exact) mass is 266 g/mol. The van der Waals surface area contributed by atoms with Crippen LogP contribution in [0.1, 0.15) is 71.1 Å². The van der Waals surface area contributed by atoms with Gasteiger partial charge in [-0.25, -0.2) is 0 Å². The molecule has 0 spiro atoms. The molecule has 2 fully saturated rings. The summed E-state index contributed by atoms with van der Waals surface area (Å²) in [5.41, 5.74) is 0. The van der Waals surface area contributed by atoms with E-state index in [1.165, 1.54) is 90.4 Å². The maximum absolute atomic E-state index is 3.51. The molecule has 2 atom stereocenters. The van der Waals surface area contributed by atoms with E-state index >= 15 is 0 Å². The Balaban J connectivity index is 1.56. The minimum absolute atomic E-state index is 0.959. The first-order valence-electron chi connectivity index (χ1n) is 8.86. The molecule has 1 heterocycles. The molecule has 0 radical (unpaired) electrons. The van der Waals surface area contributed by atoms with Gasteiger partial charge >= 0.3 is 0 Å². The van der Waals surface area contributed by atoms with Crippen LogP contribution in [0.25, 0.3) is 0 Å². The van der Waals surface area contributed by atoms with Gasteiger partial charge in [-0.05, 0) is 77.0 Å². The van der Waals surface area contributed by atoms with Gasteiger partial charge in [-0.1, -0.05) is 26.2 Å². The second-order valence-electron chi connectivity index (χ2n) is 6.60. The second kappa shape index (κ2) is 8.97. The number of nitrogens with zero attached hydrogens (tertiary/aromatic N) is 1. The molecule has 1 N–H and O–H groups in total. The van der Waals surface area contributed by atoms with Crippen molar-refractivity contribution in [2.45, 2.75) is 77.2 Å². The Hall–Kier alpha value is -0.0800. The molecule has 0 bridgehead atoms. The SMILES string of the molecule is CCCNCCCCCN1CCC[C@H]2CCCC[C@H]21. The number of fused-ring (bicyclic) bond motifs is 1. The molecular formula is C17H34N2. The van der Waals surface area contributed by atoms with Crippen molar-refractivity contribution in [1.29, 1.82) is 0 Å². The lowest BCUT2D eigenvalue weighted by atomic mass is 9.78. The fourth-order valence-electron chi connectivity index (χ4n) is 4.05. The predicted octanol–water partition coefficient (Wildman–Crippen LogP) is 3.81. The van der Waals surface area contributed by atoms with Crippen molar-refractivity contribution < 1.29 is 0 Å². The number of rotatable bonds is 8.